The Balaban J connectivity index is 1.24. The topological polar surface area (TPSA) is 75.9 Å². The monoisotopic (exact) mass is 480 g/mol. The number of nitrogens with zero attached hydrogens (tertiary/aromatic N) is 5. The predicted molar refractivity (Wildman–Crippen MR) is 135 cm³/mol. The van der Waals surface area contributed by atoms with Gasteiger partial charge in [0.05, 0.1) is 23.8 Å². The van der Waals surface area contributed by atoms with Gasteiger partial charge in [0.15, 0.2) is 0 Å². The van der Waals surface area contributed by atoms with Crippen molar-refractivity contribution in [2.24, 2.45) is 0 Å². The van der Waals surface area contributed by atoms with Crippen molar-refractivity contribution in [1.82, 2.24) is 24.9 Å². The number of carbonyl (C=O) groups is 1. The third-order valence-electron chi connectivity index (χ3n) is 7.28. The second-order valence-electron chi connectivity index (χ2n) is 9.67. The maximum Gasteiger partial charge on any atom is 0.229 e. The minimum absolute atomic E-state index is 0.218. The molecule has 180 valence electrons. The Morgan fingerprint density at radius 1 is 1.03 bits per heavy atom. The molecule has 0 atom stereocenters. The van der Waals surface area contributed by atoms with E-state index in [1.807, 2.05) is 30.5 Å². The molecule has 0 aliphatic heterocycles. The van der Waals surface area contributed by atoms with Crippen molar-refractivity contribution in [3.05, 3.63) is 47.4 Å². The first-order valence-corrected chi connectivity index (χ1v) is 13.0. The van der Waals surface area contributed by atoms with Gasteiger partial charge in [-0.1, -0.05) is 55.3 Å². The van der Waals surface area contributed by atoms with Gasteiger partial charge in [0.25, 0.3) is 0 Å². The van der Waals surface area contributed by atoms with E-state index in [2.05, 4.69) is 25.5 Å². The second kappa shape index (κ2) is 10.7. The molecule has 3 aromatic rings. The van der Waals surface area contributed by atoms with Crippen molar-refractivity contribution >= 4 is 34.1 Å². The molecule has 5 rings (SSSR count). The number of anilines is 1. The Bertz CT molecular complexity index is 1100. The van der Waals surface area contributed by atoms with Gasteiger partial charge in [0.2, 0.25) is 5.91 Å². The van der Waals surface area contributed by atoms with E-state index < -0.39 is 0 Å². The average molecular weight is 481 g/mol. The van der Waals surface area contributed by atoms with Crippen LogP contribution in [-0.2, 0) is 17.9 Å². The molecule has 34 heavy (non-hydrogen) atoms. The van der Waals surface area contributed by atoms with Crippen LogP contribution in [0.4, 0.5) is 5.69 Å². The molecule has 2 fully saturated rings. The highest BCUT2D eigenvalue weighted by Crippen LogP contribution is 2.31. The van der Waals surface area contributed by atoms with Gasteiger partial charge < -0.3 is 10.2 Å². The van der Waals surface area contributed by atoms with Crippen molar-refractivity contribution in [3.63, 3.8) is 0 Å². The summed E-state index contributed by atoms with van der Waals surface area (Å²) in [6, 6.07) is 8.41. The summed E-state index contributed by atoms with van der Waals surface area (Å²) in [5.74, 6) is 0.218. The van der Waals surface area contributed by atoms with Crippen LogP contribution in [0, 0.1) is 0 Å². The predicted octanol–water partition coefficient (Wildman–Crippen LogP) is 5.59. The molecular weight excluding hydrogens is 448 g/mol. The van der Waals surface area contributed by atoms with Gasteiger partial charge in [-0.2, -0.15) is 0 Å². The van der Waals surface area contributed by atoms with Gasteiger partial charge in [-0.15, -0.1) is 5.10 Å². The minimum Gasteiger partial charge on any atom is -0.366 e. The van der Waals surface area contributed by atoms with Crippen LogP contribution in [0.2, 0.25) is 5.02 Å². The first kappa shape index (κ1) is 23.1. The number of benzene rings is 1. The number of nitrogens with one attached hydrogen (secondary N) is 1. The zero-order chi connectivity index (χ0) is 23.3. The number of hydrogen-bond acceptors (Lipinski definition) is 5. The molecule has 7 nitrogen and oxygen atoms in total. The van der Waals surface area contributed by atoms with E-state index >= 15 is 0 Å². The van der Waals surface area contributed by atoms with Gasteiger partial charge >= 0.3 is 0 Å². The summed E-state index contributed by atoms with van der Waals surface area (Å²) in [7, 11) is 0. The molecule has 1 N–H and O–H groups in total. The van der Waals surface area contributed by atoms with Gasteiger partial charge in [0, 0.05) is 34.4 Å². The fraction of sp³-hybridized carbons (Fsp3) is 0.538. The lowest BCUT2D eigenvalue weighted by Crippen LogP contribution is -2.49. The number of rotatable bonds is 7. The molecule has 0 saturated heterocycles. The maximum absolute atomic E-state index is 13.5. The van der Waals surface area contributed by atoms with Crippen molar-refractivity contribution < 1.29 is 4.79 Å². The SMILES string of the molecule is O=C(Cc1cn(CNc2ccnc3cc(Cl)ccc23)nn1)N(C1CCCCC1)C1CCCCC1. The lowest BCUT2D eigenvalue weighted by Gasteiger charge is -2.41. The van der Waals surface area contributed by atoms with Crippen LogP contribution in [0.3, 0.4) is 0 Å². The van der Waals surface area contributed by atoms with E-state index in [0.717, 1.165) is 48.0 Å². The fourth-order valence-corrected chi connectivity index (χ4v) is 5.77. The second-order valence-corrected chi connectivity index (χ2v) is 10.1. The molecule has 2 saturated carbocycles. The highest BCUT2D eigenvalue weighted by Gasteiger charge is 2.32. The minimum atomic E-state index is 0.218. The molecule has 1 amide bonds. The summed E-state index contributed by atoms with van der Waals surface area (Å²) in [6.45, 7) is 0.456. The highest BCUT2D eigenvalue weighted by molar-refractivity contribution is 6.31. The zero-order valence-electron chi connectivity index (χ0n) is 19.6. The molecule has 2 aliphatic carbocycles. The fourth-order valence-electron chi connectivity index (χ4n) is 5.61. The van der Waals surface area contributed by atoms with Crippen molar-refractivity contribution in [2.75, 3.05) is 5.32 Å². The largest absolute Gasteiger partial charge is 0.366 e. The van der Waals surface area contributed by atoms with Gasteiger partial charge in [-0.25, -0.2) is 4.68 Å². The molecule has 8 heteroatoms. The number of aromatic nitrogens is 4. The number of pyridine rings is 1. The van der Waals surface area contributed by atoms with E-state index in [0.29, 0.717) is 30.2 Å². The molecule has 0 spiro atoms. The highest BCUT2D eigenvalue weighted by atomic mass is 35.5. The summed E-state index contributed by atoms with van der Waals surface area (Å²) >= 11 is 6.10. The summed E-state index contributed by atoms with van der Waals surface area (Å²) in [6.07, 6.45) is 16.1. The first-order valence-electron chi connectivity index (χ1n) is 12.7. The van der Waals surface area contributed by atoms with Crippen molar-refractivity contribution in [2.45, 2.75) is 89.4 Å². The quantitative estimate of drug-likeness (QED) is 0.477. The van der Waals surface area contributed by atoms with E-state index in [1.165, 1.54) is 38.5 Å². The van der Waals surface area contributed by atoms with Crippen LogP contribution in [0.15, 0.2) is 36.7 Å². The lowest BCUT2D eigenvalue weighted by molar-refractivity contribution is -0.137. The van der Waals surface area contributed by atoms with E-state index in [9.17, 15) is 4.79 Å². The number of halogens is 1. The van der Waals surface area contributed by atoms with E-state index in [4.69, 9.17) is 11.6 Å². The molecule has 1 aromatic carbocycles. The van der Waals surface area contributed by atoms with Gasteiger partial charge in [-0.05, 0) is 49.9 Å². The molecule has 0 unspecified atom stereocenters. The third-order valence-corrected chi connectivity index (χ3v) is 7.51. The molecular formula is C26H33ClN6O. The number of carbonyl (C=O) groups excluding carboxylic acids is 1. The molecule has 0 bridgehead atoms. The molecule has 2 aliphatic rings. The number of hydrogen-bond donors (Lipinski definition) is 1. The summed E-state index contributed by atoms with van der Waals surface area (Å²) in [5, 5.41) is 13.6. The van der Waals surface area contributed by atoms with E-state index in [-0.39, 0.29) is 5.91 Å². The Kier molecular flexibility index (Phi) is 7.28. The molecule has 0 radical (unpaired) electrons. The Hall–Kier alpha value is -2.67. The van der Waals surface area contributed by atoms with Gasteiger partial charge in [0.1, 0.15) is 6.67 Å². The van der Waals surface area contributed by atoms with E-state index in [1.54, 1.807) is 10.9 Å². The van der Waals surface area contributed by atoms with Crippen molar-refractivity contribution in [3.8, 4) is 0 Å². The number of amides is 1. The smallest absolute Gasteiger partial charge is 0.229 e. The van der Waals surface area contributed by atoms with Crippen LogP contribution >= 0.6 is 11.6 Å². The van der Waals surface area contributed by atoms with Crippen LogP contribution in [0.1, 0.15) is 69.9 Å². The normalized spacial score (nSPS) is 17.7. The maximum atomic E-state index is 13.5. The Labute approximate surface area is 205 Å². The van der Waals surface area contributed by atoms with Crippen molar-refractivity contribution in [1.29, 1.82) is 0 Å². The van der Waals surface area contributed by atoms with Crippen LogP contribution in [0.5, 0.6) is 0 Å². The lowest BCUT2D eigenvalue weighted by atomic mass is 9.88. The summed E-state index contributed by atoms with van der Waals surface area (Å²) in [5.41, 5.74) is 2.53. The summed E-state index contributed by atoms with van der Waals surface area (Å²) < 4.78 is 1.75. The average Bonchev–Trinajstić information content (AvgIpc) is 3.31. The van der Waals surface area contributed by atoms with Crippen LogP contribution in [0.25, 0.3) is 10.9 Å². The zero-order valence-corrected chi connectivity index (χ0v) is 20.4. The molecule has 2 aromatic heterocycles. The third kappa shape index (κ3) is 5.35. The standard InChI is InChI=1S/C26H33ClN6O/c27-19-11-12-23-24(13-14-28-25(23)15-19)29-18-32-17-20(30-31-32)16-26(34)33(21-7-3-1-4-8-21)22-9-5-2-6-10-22/h11-15,17,21-22H,1-10,16,18H2,(H,28,29). The summed E-state index contributed by atoms with van der Waals surface area (Å²) in [4.78, 5) is 20.1. The Morgan fingerprint density at radius 2 is 1.74 bits per heavy atom. The Morgan fingerprint density at radius 3 is 2.44 bits per heavy atom. The van der Waals surface area contributed by atoms with Gasteiger partial charge in [-0.3, -0.25) is 9.78 Å². The van der Waals surface area contributed by atoms with Crippen LogP contribution in [-0.4, -0.2) is 42.9 Å². The van der Waals surface area contributed by atoms with Crippen LogP contribution < -0.4 is 5.32 Å². The molecule has 2 heterocycles. The first-order chi connectivity index (χ1) is 16.7. The number of fused-ring (bicyclic) bond motifs is 1.